The molecule has 1 unspecified atom stereocenters. The Morgan fingerprint density at radius 3 is 2.75 bits per heavy atom. The highest BCUT2D eigenvalue weighted by atomic mass is 16.6. The van der Waals surface area contributed by atoms with Gasteiger partial charge in [0.05, 0.1) is 19.3 Å². The lowest BCUT2D eigenvalue weighted by Crippen LogP contribution is -2.33. The van der Waals surface area contributed by atoms with E-state index in [2.05, 4.69) is 5.48 Å². The lowest BCUT2D eigenvalue weighted by atomic mass is 10.2. The molecule has 0 bridgehead atoms. The summed E-state index contributed by atoms with van der Waals surface area (Å²) in [5, 5.41) is 0. The number of methoxy groups -OCH3 is 1. The Labute approximate surface area is 74.4 Å². The van der Waals surface area contributed by atoms with Gasteiger partial charge in [-0.2, -0.15) is 5.48 Å². The Morgan fingerprint density at radius 2 is 2.25 bits per heavy atom. The maximum atomic E-state index is 5.39. The van der Waals surface area contributed by atoms with E-state index in [0.717, 1.165) is 12.8 Å². The molecule has 0 aromatic carbocycles. The first-order chi connectivity index (χ1) is 5.85. The molecule has 0 saturated heterocycles. The maximum absolute atomic E-state index is 5.39. The second kappa shape index (κ2) is 8.93. The summed E-state index contributed by atoms with van der Waals surface area (Å²) in [6, 6.07) is 0.262. The van der Waals surface area contributed by atoms with Crippen molar-refractivity contribution in [2.75, 3.05) is 26.9 Å². The molecule has 0 aromatic rings. The van der Waals surface area contributed by atoms with Gasteiger partial charge in [0.1, 0.15) is 0 Å². The minimum absolute atomic E-state index is 0.262. The smallest absolute Gasteiger partial charge is 0.0654 e. The minimum atomic E-state index is 0.262. The zero-order valence-corrected chi connectivity index (χ0v) is 8.01. The Balaban J connectivity index is 3.40. The van der Waals surface area contributed by atoms with E-state index in [1.54, 1.807) is 7.11 Å². The van der Waals surface area contributed by atoms with Crippen LogP contribution in [0.5, 0.6) is 0 Å². The van der Waals surface area contributed by atoms with Gasteiger partial charge >= 0.3 is 0 Å². The number of nitrogens with two attached hydrogens (primary N) is 1. The molecule has 74 valence electrons. The SMILES string of the molecule is CCONC(CCCN)COC. The van der Waals surface area contributed by atoms with Crippen LogP contribution in [0.4, 0.5) is 0 Å². The van der Waals surface area contributed by atoms with E-state index >= 15 is 0 Å². The largest absolute Gasteiger partial charge is 0.383 e. The second-order valence-corrected chi connectivity index (χ2v) is 2.63. The Hall–Kier alpha value is -0.160. The van der Waals surface area contributed by atoms with Crippen LogP contribution < -0.4 is 11.2 Å². The van der Waals surface area contributed by atoms with Gasteiger partial charge in [-0.15, -0.1) is 0 Å². The molecule has 0 rings (SSSR count). The van der Waals surface area contributed by atoms with Crippen molar-refractivity contribution in [3.8, 4) is 0 Å². The van der Waals surface area contributed by atoms with E-state index in [4.69, 9.17) is 15.3 Å². The molecule has 0 radical (unpaired) electrons. The van der Waals surface area contributed by atoms with Crippen molar-refractivity contribution in [2.45, 2.75) is 25.8 Å². The highest BCUT2D eigenvalue weighted by Gasteiger charge is 2.06. The molecule has 0 aromatic heterocycles. The third kappa shape index (κ3) is 6.54. The van der Waals surface area contributed by atoms with Gasteiger partial charge in [0.2, 0.25) is 0 Å². The van der Waals surface area contributed by atoms with Crippen LogP contribution in [0.15, 0.2) is 0 Å². The van der Waals surface area contributed by atoms with E-state index in [1.165, 1.54) is 0 Å². The molecule has 0 aliphatic rings. The first-order valence-electron chi connectivity index (χ1n) is 4.41. The van der Waals surface area contributed by atoms with Crippen molar-refractivity contribution in [3.05, 3.63) is 0 Å². The van der Waals surface area contributed by atoms with Crippen molar-refractivity contribution in [3.63, 3.8) is 0 Å². The summed E-state index contributed by atoms with van der Waals surface area (Å²) in [6.45, 7) is 4.00. The Kier molecular flexibility index (Phi) is 8.81. The molecule has 0 aliphatic carbocycles. The van der Waals surface area contributed by atoms with Gasteiger partial charge in [0.25, 0.3) is 0 Å². The third-order valence-corrected chi connectivity index (χ3v) is 1.52. The van der Waals surface area contributed by atoms with E-state index in [-0.39, 0.29) is 6.04 Å². The lowest BCUT2D eigenvalue weighted by molar-refractivity contribution is -0.000496. The van der Waals surface area contributed by atoms with E-state index in [0.29, 0.717) is 19.8 Å². The molecule has 0 amide bonds. The van der Waals surface area contributed by atoms with Crippen LogP contribution in [0, 0.1) is 0 Å². The molecule has 4 heteroatoms. The number of nitrogens with one attached hydrogen (secondary N) is 1. The molecular weight excluding hydrogens is 156 g/mol. The van der Waals surface area contributed by atoms with Gasteiger partial charge in [0.15, 0.2) is 0 Å². The molecule has 0 saturated carbocycles. The number of hydrogen-bond donors (Lipinski definition) is 2. The predicted molar refractivity (Wildman–Crippen MR) is 48.7 cm³/mol. The Morgan fingerprint density at radius 1 is 1.50 bits per heavy atom. The zero-order chi connectivity index (χ0) is 9.23. The molecule has 12 heavy (non-hydrogen) atoms. The van der Waals surface area contributed by atoms with E-state index in [1.807, 2.05) is 6.92 Å². The lowest BCUT2D eigenvalue weighted by Gasteiger charge is -2.16. The number of hydroxylamine groups is 1. The number of hydrogen-bond acceptors (Lipinski definition) is 4. The molecule has 0 aliphatic heterocycles. The van der Waals surface area contributed by atoms with Crippen molar-refractivity contribution >= 4 is 0 Å². The van der Waals surface area contributed by atoms with Crippen LogP contribution in [0.1, 0.15) is 19.8 Å². The van der Waals surface area contributed by atoms with Crippen LogP contribution in [0.2, 0.25) is 0 Å². The second-order valence-electron chi connectivity index (χ2n) is 2.63. The highest BCUT2D eigenvalue weighted by molar-refractivity contribution is 4.61. The number of ether oxygens (including phenoxy) is 1. The standard InChI is InChI=1S/C8H20N2O2/c1-3-12-10-8(7-11-2)5-4-6-9/h8,10H,3-7,9H2,1-2H3. The molecule has 0 fully saturated rings. The molecule has 4 nitrogen and oxygen atoms in total. The quantitative estimate of drug-likeness (QED) is 0.522. The van der Waals surface area contributed by atoms with Gasteiger partial charge in [-0.05, 0) is 26.3 Å². The van der Waals surface area contributed by atoms with Crippen molar-refractivity contribution in [2.24, 2.45) is 5.73 Å². The van der Waals surface area contributed by atoms with Gasteiger partial charge in [-0.3, -0.25) is 0 Å². The molecule has 0 heterocycles. The fraction of sp³-hybridized carbons (Fsp3) is 1.00. The fourth-order valence-electron chi connectivity index (χ4n) is 0.943. The van der Waals surface area contributed by atoms with Gasteiger partial charge in [0, 0.05) is 7.11 Å². The summed E-state index contributed by atoms with van der Waals surface area (Å²) < 4.78 is 5.01. The van der Waals surface area contributed by atoms with Gasteiger partial charge in [-0.25, -0.2) is 0 Å². The number of rotatable bonds is 8. The Bertz CT molecular complexity index is 83.1. The van der Waals surface area contributed by atoms with Crippen molar-refractivity contribution < 1.29 is 9.57 Å². The topological polar surface area (TPSA) is 56.5 Å². The summed E-state index contributed by atoms with van der Waals surface area (Å²) in [5.41, 5.74) is 8.32. The van der Waals surface area contributed by atoms with Crippen molar-refractivity contribution in [1.29, 1.82) is 0 Å². The summed E-state index contributed by atoms with van der Waals surface area (Å²) in [7, 11) is 1.68. The van der Waals surface area contributed by atoms with Gasteiger partial charge in [-0.1, -0.05) is 0 Å². The van der Waals surface area contributed by atoms with E-state index < -0.39 is 0 Å². The van der Waals surface area contributed by atoms with Gasteiger partial charge < -0.3 is 15.3 Å². The molecular formula is C8H20N2O2. The van der Waals surface area contributed by atoms with E-state index in [9.17, 15) is 0 Å². The first-order valence-corrected chi connectivity index (χ1v) is 4.41. The third-order valence-electron chi connectivity index (χ3n) is 1.52. The van der Waals surface area contributed by atoms with Crippen LogP contribution >= 0.6 is 0 Å². The van der Waals surface area contributed by atoms with Crippen LogP contribution in [-0.2, 0) is 9.57 Å². The van der Waals surface area contributed by atoms with Crippen LogP contribution in [-0.4, -0.2) is 32.9 Å². The maximum Gasteiger partial charge on any atom is 0.0654 e. The van der Waals surface area contributed by atoms with Crippen LogP contribution in [0.3, 0.4) is 0 Å². The summed E-state index contributed by atoms with van der Waals surface area (Å²) in [4.78, 5) is 5.07. The van der Waals surface area contributed by atoms with Crippen LogP contribution in [0.25, 0.3) is 0 Å². The average molecular weight is 176 g/mol. The summed E-state index contributed by atoms with van der Waals surface area (Å²) in [6.07, 6.45) is 1.98. The molecule has 3 N–H and O–H groups in total. The molecule has 0 spiro atoms. The summed E-state index contributed by atoms with van der Waals surface area (Å²) >= 11 is 0. The molecule has 1 atom stereocenters. The highest BCUT2D eigenvalue weighted by Crippen LogP contribution is 1.96. The summed E-state index contributed by atoms with van der Waals surface area (Å²) in [5.74, 6) is 0. The fourth-order valence-corrected chi connectivity index (χ4v) is 0.943. The van der Waals surface area contributed by atoms with Crippen molar-refractivity contribution in [1.82, 2.24) is 5.48 Å². The normalized spacial score (nSPS) is 13.2. The first kappa shape index (κ1) is 11.8. The minimum Gasteiger partial charge on any atom is -0.383 e. The zero-order valence-electron chi connectivity index (χ0n) is 8.01. The monoisotopic (exact) mass is 176 g/mol. The average Bonchev–Trinajstić information content (AvgIpc) is 2.10. The predicted octanol–water partition coefficient (Wildman–Crippen LogP) is 0.281.